The number of alkyl halides is 3. The molecule has 0 aromatic carbocycles. The van der Waals surface area contributed by atoms with Crippen LogP contribution in [0.3, 0.4) is 0 Å². The molecule has 2 aliphatic rings. The van der Waals surface area contributed by atoms with Gasteiger partial charge < -0.3 is 39.7 Å². The number of rotatable bonds is 5. The van der Waals surface area contributed by atoms with Crippen LogP contribution < -0.4 is 0 Å². The average Bonchev–Trinajstić information content (AvgIpc) is 2.80. The predicted octanol–water partition coefficient (Wildman–Crippen LogP) is -1.50. The molecular weight excluding hydrogens is 423 g/mol. The van der Waals surface area contributed by atoms with Crippen molar-refractivity contribution in [3.05, 3.63) is 0 Å². The van der Waals surface area contributed by atoms with Crippen molar-refractivity contribution in [3.8, 4) is 0 Å². The molecule has 2 saturated heterocycles. The normalized spacial score (nSPS) is 51.1. The Hall–Kier alpha value is 0.740. The van der Waals surface area contributed by atoms with Gasteiger partial charge in [0.05, 0.1) is 35.4 Å². The van der Waals surface area contributed by atoms with Gasteiger partial charge in [0.25, 0.3) is 0 Å². The second-order valence-electron chi connectivity index (χ2n) is 5.46. The molecule has 0 amide bonds. The van der Waals surface area contributed by atoms with Gasteiger partial charge in [-0.1, -0.05) is 15.9 Å². The zero-order valence-electron chi connectivity index (χ0n) is 11.8. The molecule has 2 rings (SSSR count). The van der Waals surface area contributed by atoms with E-state index in [4.69, 9.17) is 37.4 Å². The number of ether oxygens (including phenoxy) is 3. The highest BCUT2D eigenvalue weighted by molar-refractivity contribution is 9.09. The van der Waals surface area contributed by atoms with E-state index in [2.05, 4.69) is 15.9 Å². The lowest BCUT2D eigenvalue weighted by Gasteiger charge is -2.43. The van der Waals surface area contributed by atoms with E-state index in [0.29, 0.717) is 0 Å². The van der Waals surface area contributed by atoms with Crippen LogP contribution >= 0.6 is 39.1 Å². The van der Waals surface area contributed by atoms with Crippen molar-refractivity contribution in [2.45, 2.75) is 53.5 Å². The molecule has 0 aromatic heterocycles. The Morgan fingerprint density at radius 2 is 1.70 bits per heavy atom. The second-order valence-corrected chi connectivity index (χ2v) is 7.09. The van der Waals surface area contributed by atoms with Crippen molar-refractivity contribution in [2.75, 3.05) is 18.4 Å². The Balaban J connectivity index is 2.18. The fraction of sp³-hybridized carbons (Fsp3) is 1.00. The Bertz CT molecular complexity index is 405. The van der Waals surface area contributed by atoms with Gasteiger partial charge in [0.1, 0.15) is 24.4 Å². The molecule has 0 spiro atoms. The summed E-state index contributed by atoms with van der Waals surface area (Å²) < 4.78 is 16.3. The first kappa shape index (κ1) is 20.1. The molecule has 0 unspecified atom stereocenters. The predicted molar refractivity (Wildman–Crippen MR) is 82.6 cm³/mol. The average molecular weight is 442 g/mol. The minimum Gasteiger partial charge on any atom is -0.394 e. The lowest BCUT2D eigenvalue weighted by molar-refractivity contribution is -0.357. The first-order valence-electron chi connectivity index (χ1n) is 6.91. The third-order valence-corrected chi connectivity index (χ3v) is 5.77. The standard InChI is InChI=1S/C12H19BrCl2O8/c13-6-5(2-16)21-11(9(19)8(6)18)23-12(3-15)10(20)7(17)4(1-14)22-12/h4-11,16-20H,1-3H2/t4-,5-,6-,7-,8+,9-,10+,11-,12+/m1/s1. The monoisotopic (exact) mass is 440 g/mol. The van der Waals surface area contributed by atoms with Crippen molar-refractivity contribution in [1.82, 2.24) is 0 Å². The van der Waals surface area contributed by atoms with Crippen LogP contribution in [0.25, 0.3) is 0 Å². The summed E-state index contributed by atoms with van der Waals surface area (Å²) in [5.41, 5.74) is 0. The smallest absolute Gasteiger partial charge is 0.214 e. The molecule has 23 heavy (non-hydrogen) atoms. The van der Waals surface area contributed by atoms with Crippen LogP contribution in [0.15, 0.2) is 0 Å². The molecule has 0 aromatic rings. The summed E-state index contributed by atoms with van der Waals surface area (Å²) in [6.07, 6.45) is -8.89. The van der Waals surface area contributed by atoms with Gasteiger partial charge in [-0.05, 0) is 0 Å². The molecule has 136 valence electrons. The van der Waals surface area contributed by atoms with Gasteiger partial charge in [-0.15, -0.1) is 23.2 Å². The topological polar surface area (TPSA) is 129 Å². The van der Waals surface area contributed by atoms with Gasteiger partial charge in [-0.3, -0.25) is 0 Å². The minimum atomic E-state index is -1.87. The largest absolute Gasteiger partial charge is 0.394 e. The van der Waals surface area contributed by atoms with E-state index < -0.39 is 60.1 Å². The molecule has 5 N–H and O–H groups in total. The number of aliphatic hydroxyl groups is 5. The SMILES string of the molecule is OC[C@H]1O[C@H](O[C@]2(CCl)O[C@H](CCl)[C@@H](O)[C@@H]2O)[C@H](O)[C@@H](O)[C@@H]1Br. The van der Waals surface area contributed by atoms with Crippen LogP contribution in [0, 0.1) is 0 Å². The van der Waals surface area contributed by atoms with E-state index >= 15 is 0 Å². The summed E-state index contributed by atoms with van der Waals surface area (Å²) in [5, 5.41) is 49.4. The molecule has 2 aliphatic heterocycles. The van der Waals surface area contributed by atoms with Crippen molar-refractivity contribution >= 4 is 39.1 Å². The zero-order valence-corrected chi connectivity index (χ0v) is 14.9. The highest BCUT2D eigenvalue weighted by atomic mass is 79.9. The van der Waals surface area contributed by atoms with E-state index in [9.17, 15) is 25.5 Å². The number of hydrogen-bond acceptors (Lipinski definition) is 8. The highest BCUT2D eigenvalue weighted by Crippen LogP contribution is 2.38. The number of hydrogen-bond donors (Lipinski definition) is 5. The van der Waals surface area contributed by atoms with Crippen LogP contribution in [-0.4, -0.2) is 97.4 Å². The van der Waals surface area contributed by atoms with Crippen LogP contribution in [0.2, 0.25) is 0 Å². The molecule has 2 heterocycles. The van der Waals surface area contributed by atoms with Gasteiger partial charge in [0.2, 0.25) is 5.79 Å². The molecule has 0 radical (unpaired) electrons. The maximum Gasteiger partial charge on any atom is 0.214 e. The first-order chi connectivity index (χ1) is 10.8. The third-order valence-electron chi connectivity index (χ3n) is 3.96. The summed E-state index contributed by atoms with van der Waals surface area (Å²) in [4.78, 5) is -0.718. The van der Waals surface area contributed by atoms with Crippen molar-refractivity contribution < 1.29 is 39.7 Å². The van der Waals surface area contributed by atoms with Crippen LogP contribution in [0.5, 0.6) is 0 Å². The summed E-state index contributed by atoms with van der Waals surface area (Å²) in [6.45, 7) is -0.441. The minimum absolute atomic E-state index is 0.111. The van der Waals surface area contributed by atoms with E-state index in [0.717, 1.165) is 0 Å². The Labute approximate surface area is 151 Å². The molecule has 0 bridgehead atoms. The van der Waals surface area contributed by atoms with E-state index in [1.165, 1.54) is 0 Å². The molecule has 2 fully saturated rings. The molecule has 9 atom stereocenters. The van der Waals surface area contributed by atoms with Gasteiger partial charge in [0, 0.05) is 0 Å². The van der Waals surface area contributed by atoms with Crippen LogP contribution in [0.4, 0.5) is 0 Å². The summed E-state index contributed by atoms with van der Waals surface area (Å²) in [6, 6.07) is 0. The number of halogens is 3. The molecular formula is C12H19BrCl2O8. The van der Waals surface area contributed by atoms with Crippen molar-refractivity contribution in [1.29, 1.82) is 0 Å². The molecule has 8 nitrogen and oxygen atoms in total. The summed E-state index contributed by atoms with van der Waals surface area (Å²) in [7, 11) is 0. The summed E-state index contributed by atoms with van der Waals surface area (Å²) in [5.74, 6) is -2.37. The Kier molecular flexibility index (Phi) is 6.94. The van der Waals surface area contributed by atoms with Crippen LogP contribution in [-0.2, 0) is 14.2 Å². The maximum absolute atomic E-state index is 10.2. The fourth-order valence-corrected chi connectivity index (χ4v) is 3.69. The molecule has 0 saturated carbocycles. The quantitative estimate of drug-likeness (QED) is 0.326. The van der Waals surface area contributed by atoms with Gasteiger partial charge in [-0.25, -0.2) is 0 Å². The fourth-order valence-electron chi connectivity index (χ4n) is 2.56. The zero-order chi connectivity index (χ0) is 17.4. The van der Waals surface area contributed by atoms with Crippen LogP contribution in [0.1, 0.15) is 0 Å². The van der Waals surface area contributed by atoms with E-state index in [1.807, 2.05) is 0 Å². The lowest BCUT2D eigenvalue weighted by atomic mass is 10.0. The Morgan fingerprint density at radius 1 is 1.04 bits per heavy atom. The van der Waals surface area contributed by atoms with E-state index in [1.54, 1.807) is 0 Å². The third kappa shape index (κ3) is 3.65. The van der Waals surface area contributed by atoms with Crippen molar-refractivity contribution in [3.63, 3.8) is 0 Å². The Morgan fingerprint density at radius 3 is 2.17 bits per heavy atom. The van der Waals surface area contributed by atoms with E-state index in [-0.39, 0.29) is 11.8 Å². The van der Waals surface area contributed by atoms with Gasteiger partial charge in [0.15, 0.2) is 6.29 Å². The lowest BCUT2D eigenvalue weighted by Crippen LogP contribution is -2.61. The first-order valence-corrected chi connectivity index (χ1v) is 8.90. The second kappa shape index (κ2) is 7.96. The van der Waals surface area contributed by atoms with Gasteiger partial charge in [-0.2, -0.15) is 0 Å². The highest BCUT2D eigenvalue weighted by Gasteiger charge is 2.58. The molecule has 11 heteroatoms. The van der Waals surface area contributed by atoms with Crippen molar-refractivity contribution in [2.24, 2.45) is 0 Å². The summed E-state index contributed by atoms with van der Waals surface area (Å²) >= 11 is 14.6. The molecule has 0 aliphatic carbocycles. The van der Waals surface area contributed by atoms with Gasteiger partial charge >= 0.3 is 0 Å². The number of aliphatic hydroxyl groups excluding tert-OH is 5. The maximum atomic E-state index is 10.2.